The van der Waals surface area contributed by atoms with Crippen LogP contribution in [0.4, 0.5) is 15.8 Å². The fraction of sp³-hybridized carbons (Fsp3) is 0.174. The number of benzene rings is 3. The lowest BCUT2D eigenvalue weighted by Crippen LogP contribution is -2.16. The molecule has 0 fully saturated rings. The number of nitrogens with zero attached hydrogens (tertiary/aromatic N) is 1. The smallest absolute Gasteiger partial charge is 0.319 e. The first-order valence-corrected chi connectivity index (χ1v) is 10.9. The number of hydrogen-bond donors (Lipinski definition) is 1. The van der Waals surface area contributed by atoms with Crippen molar-refractivity contribution in [2.45, 2.75) is 18.7 Å². The van der Waals surface area contributed by atoms with Crippen molar-refractivity contribution in [1.82, 2.24) is 0 Å². The monoisotopic (exact) mass is 427 g/mol. The normalized spacial score (nSPS) is 11.3. The summed E-state index contributed by atoms with van der Waals surface area (Å²) in [5.41, 5.74) is 5.02. The molecule has 0 unspecified atom stereocenters. The number of carboxylic acids is 1. The number of aryl methyl sites for hydroxylation is 2. The quantitative estimate of drug-likeness (QED) is 0.615. The van der Waals surface area contributed by atoms with Crippen LogP contribution in [0.25, 0.3) is 11.1 Å². The fourth-order valence-corrected chi connectivity index (χ4v) is 4.38. The molecule has 0 saturated heterocycles. The summed E-state index contributed by atoms with van der Waals surface area (Å²) in [7, 11) is -2.23. The van der Waals surface area contributed by atoms with Gasteiger partial charge in [0.05, 0.1) is 10.6 Å². The summed E-state index contributed by atoms with van der Waals surface area (Å²) in [6.07, 6.45) is 0. The van der Waals surface area contributed by atoms with Gasteiger partial charge in [-0.15, -0.1) is 0 Å². The maximum atomic E-state index is 14.6. The van der Waals surface area contributed by atoms with Gasteiger partial charge in [0.1, 0.15) is 5.82 Å². The first-order chi connectivity index (χ1) is 14.1. The Hall–Kier alpha value is -3.19. The van der Waals surface area contributed by atoms with Crippen LogP contribution < -0.4 is 4.90 Å². The van der Waals surface area contributed by atoms with Gasteiger partial charge in [0.2, 0.25) is 0 Å². The number of anilines is 2. The molecular weight excluding hydrogens is 405 g/mol. The van der Waals surface area contributed by atoms with Crippen LogP contribution >= 0.6 is 0 Å². The summed E-state index contributed by atoms with van der Waals surface area (Å²) in [5.74, 6) is -2.80. The van der Waals surface area contributed by atoms with E-state index in [4.69, 9.17) is 5.11 Å². The van der Waals surface area contributed by atoms with E-state index in [1.54, 1.807) is 24.1 Å². The lowest BCUT2D eigenvalue weighted by atomic mass is 9.98. The molecule has 0 saturated carbocycles. The van der Waals surface area contributed by atoms with Gasteiger partial charge >= 0.3 is 5.97 Å². The Balaban J connectivity index is 1.95. The van der Waals surface area contributed by atoms with E-state index in [2.05, 4.69) is 6.07 Å². The topological polar surface area (TPSA) is 74.7 Å². The number of aliphatic carboxylic acids is 1. The second kappa shape index (κ2) is 8.28. The van der Waals surface area contributed by atoms with Gasteiger partial charge in [-0.3, -0.25) is 4.79 Å². The Morgan fingerprint density at radius 1 is 1.00 bits per heavy atom. The molecule has 0 amide bonds. The summed E-state index contributed by atoms with van der Waals surface area (Å²) in [6, 6.07) is 16.7. The maximum absolute atomic E-state index is 14.6. The molecule has 0 spiro atoms. The summed E-state index contributed by atoms with van der Waals surface area (Å²) < 4.78 is 38.7. The predicted molar refractivity (Wildman–Crippen MR) is 116 cm³/mol. The minimum absolute atomic E-state index is 0.0912. The molecule has 0 bridgehead atoms. The number of hydrogen-bond acceptors (Lipinski definition) is 4. The van der Waals surface area contributed by atoms with Gasteiger partial charge in [-0.1, -0.05) is 29.8 Å². The van der Waals surface area contributed by atoms with Crippen molar-refractivity contribution in [3.8, 4) is 11.1 Å². The van der Waals surface area contributed by atoms with E-state index in [-0.39, 0.29) is 4.90 Å². The van der Waals surface area contributed by atoms with Gasteiger partial charge in [-0.2, -0.15) is 0 Å². The van der Waals surface area contributed by atoms with Crippen LogP contribution in [-0.2, 0) is 14.6 Å². The zero-order valence-electron chi connectivity index (χ0n) is 16.9. The Kier molecular flexibility index (Phi) is 5.94. The Labute approximate surface area is 175 Å². The highest BCUT2D eigenvalue weighted by molar-refractivity contribution is 7.92. The highest BCUT2D eigenvalue weighted by atomic mass is 32.2. The third-order valence-corrected chi connectivity index (χ3v) is 6.51. The molecule has 0 heterocycles. The van der Waals surface area contributed by atoms with E-state index in [0.29, 0.717) is 11.4 Å². The number of carboxylic acid groups (broad SMARTS) is 1. The fourth-order valence-electron chi connectivity index (χ4n) is 3.34. The van der Waals surface area contributed by atoms with Crippen LogP contribution in [0.2, 0.25) is 0 Å². The molecule has 7 heteroatoms. The molecule has 3 aromatic carbocycles. The van der Waals surface area contributed by atoms with Gasteiger partial charge in [0.15, 0.2) is 15.6 Å². The van der Waals surface area contributed by atoms with Gasteiger partial charge in [-0.05, 0) is 66.9 Å². The van der Waals surface area contributed by atoms with Crippen molar-refractivity contribution in [1.29, 1.82) is 0 Å². The predicted octanol–water partition coefficient (Wildman–Crippen LogP) is 4.74. The number of carbonyl (C=O) groups is 1. The summed E-state index contributed by atoms with van der Waals surface area (Å²) in [5, 5.41) is 8.76. The van der Waals surface area contributed by atoms with E-state index in [1.807, 2.05) is 26.0 Å². The van der Waals surface area contributed by atoms with Crippen molar-refractivity contribution >= 4 is 27.2 Å². The first kappa shape index (κ1) is 21.5. The average Bonchev–Trinajstić information content (AvgIpc) is 2.67. The van der Waals surface area contributed by atoms with Crippen molar-refractivity contribution in [2.75, 3.05) is 17.7 Å². The third kappa shape index (κ3) is 4.52. The minimum Gasteiger partial charge on any atom is -0.480 e. The van der Waals surface area contributed by atoms with Crippen LogP contribution in [-0.4, -0.2) is 32.3 Å². The van der Waals surface area contributed by atoms with Crippen LogP contribution in [0.3, 0.4) is 0 Å². The van der Waals surface area contributed by atoms with Crippen molar-refractivity contribution < 1.29 is 22.7 Å². The molecule has 30 heavy (non-hydrogen) atoms. The van der Waals surface area contributed by atoms with Gasteiger partial charge in [0, 0.05) is 12.7 Å². The van der Waals surface area contributed by atoms with E-state index in [9.17, 15) is 17.6 Å². The van der Waals surface area contributed by atoms with E-state index < -0.39 is 27.4 Å². The summed E-state index contributed by atoms with van der Waals surface area (Å²) >= 11 is 0. The molecule has 3 rings (SSSR count). The third-order valence-electron chi connectivity index (χ3n) is 4.90. The summed E-state index contributed by atoms with van der Waals surface area (Å²) in [4.78, 5) is 12.3. The lowest BCUT2D eigenvalue weighted by molar-refractivity contribution is -0.134. The zero-order valence-corrected chi connectivity index (χ0v) is 17.7. The molecule has 0 aromatic heterocycles. The SMILES string of the molecule is Cc1ccc(-c2ccc(F)c(N(C)c3ccc(S(=O)(=O)CC(=O)O)cc3)c2)c(C)c1. The molecule has 0 aliphatic rings. The van der Waals surface area contributed by atoms with Gasteiger partial charge in [-0.25, -0.2) is 12.8 Å². The molecule has 5 nitrogen and oxygen atoms in total. The minimum atomic E-state index is -3.92. The summed E-state index contributed by atoms with van der Waals surface area (Å²) in [6.45, 7) is 4.02. The van der Waals surface area contributed by atoms with Gasteiger partial charge < -0.3 is 10.0 Å². The van der Waals surface area contributed by atoms with Crippen molar-refractivity contribution in [2.24, 2.45) is 0 Å². The number of sulfone groups is 1. The van der Waals surface area contributed by atoms with E-state index >= 15 is 0 Å². The maximum Gasteiger partial charge on any atom is 0.319 e. The molecule has 0 aliphatic heterocycles. The standard InChI is InChI=1S/C23H22FNO4S/c1-15-4-10-20(16(2)12-15)17-5-11-21(24)22(13-17)25(3)18-6-8-19(9-7-18)30(28,29)14-23(26)27/h4-13H,14H2,1-3H3,(H,26,27). The highest BCUT2D eigenvalue weighted by Gasteiger charge is 2.19. The molecule has 0 radical (unpaired) electrons. The second-order valence-electron chi connectivity index (χ2n) is 7.19. The molecule has 0 atom stereocenters. The number of halogens is 1. The van der Waals surface area contributed by atoms with Crippen LogP contribution in [0.5, 0.6) is 0 Å². The molecular formula is C23H22FNO4S. The van der Waals surface area contributed by atoms with Crippen LogP contribution in [0.15, 0.2) is 65.6 Å². The van der Waals surface area contributed by atoms with Crippen molar-refractivity contribution in [3.63, 3.8) is 0 Å². The molecule has 1 N–H and O–H groups in total. The molecule has 156 valence electrons. The Morgan fingerprint density at radius 3 is 2.27 bits per heavy atom. The van der Waals surface area contributed by atoms with Crippen LogP contribution in [0.1, 0.15) is 11.1 Å². The first-order valence-electron chi connectivity index (χ1n) is 9.24. The molecule has 3 aromatic rings. The van der Waals surface area contributed by atoms with E-state index in [0.717, 1.165) is 22.3 Å². The molecule has 0 aliphatic carbocycles. The second-order valence-corrected chi connectivity index (χ2v) is 9.18. The van der Waals surface area contributed by atoms with E-state index in [1.165, 1.54) is 30.3 Å². The lowest BCUT2D eigenvalue weighted by Gasteiger charge is -2.21. The average molecular weight is 427 g/mol. The largest absolute Gasteiger partial charge is 0.480 e. The van der Waals surface area contributed by atoms with Crippen LogP contribution in [0, 0.1) is 19.7 Å². The zero-order chi connectivity index (χ0) is 22.1. The Morgan fingerprint density at radius 2 is 1.67 bits per heavy atom. The Bertz CT molecular complexity index is 1200. The highest BCUT2D eigenvalue weighted by Crippen LogP contribution is 2.33. The number of rotatable bonds is 6. The van der Waals surface area contributed by atoms with Gasteiger partial charge in [0.25, 0.3) is 0 Å². The van der Waals surface area contributed by atoms with Crippen molar-refractivity contribution in [3.05, 3.63) is 77.6 Å².